The van der Waals surface area contributed by atoms with Gasteiger partial charge in [-0.05, 0) is 26.2 Å². The molecule has 0 bridgehead atoms. The van der Waals surface area contributed by atoms with E-state index in [-0.39, 0.29) is 12.2 Å². The molecule has 0 aliphatic heterocycles. The second-order valence-electron chi connectivity index (χ2n) is 3.73. The van der Waals surface area contributed by atoms with Gasteiger partial charge in [-0.15, -0.1) is 0 Å². The molecule has 0 radical (unpaired) electrons. The molecule has 0 rings (SSSR count). The molecule has 0 aliphatic rings. The van der Waals surface area contributed by atoms with E-state index >= 15 is 0 Å². The van der Waals surface area contributed by atoms with Crippen molar-refractivity contribution in [1.82, 2.24) is 0 Å². The van der Waals surface area contributed by atoms with E-state index in [2.05, 4.69) is 13.8 Å². The fourth-order valence-electron chi connectivity index (χ4n) is 0.289. The summed E-state index contributed by atoms with van der Waals surface area (Å²) < 4.78 is 0. The lowest BCUT2D eigenvalue weighted by Crippen LogP contribution is -1.99. The second-order valence-corrected chi connectivity index (χ2v) is 3.73. The smallest absolute Gasteiger partial charge is 0.0535 e. The molecule has 96 valence electrons. The van der Waals surface area contributed by atoms with Crippen LogP contribution in [0.4, 0.5) is 0 Å². The van der Waals surface area contributed by atoms with Gasteiger partial charge in [-0.1, -0.05) is 47.5 Å². The topological polar surface area (TPSA) is 40.5 Å². The third kappa shape index (κ3) is 41.3. The van der Waals surface area contributed by atoms with Gasteiger partial charge in [0, 0.05) is 0 Å². The molecule has 0 saturated carbocycles. The molecule has 0 amide bonds. The standard InChI is InChI=1S/C5H12O.C4H10O.C4H10/c1-3-5(6)4-2;1-3-4(2)5;1-3-4-2/h5-6H,3-4H2,1-2H3;4-5H,3H2,1-2H3;3-4H2,1-2H3. The summed E-state index contributed by atoms with van der Waals surface area (Å²) in [6.07, 6.45) is 5.09. The van der Waals surface area contributed by atoms with Gasteiger partial charge in [0.15, 0.2) is 0 Å². The molecule has 0 aromatic carbocycles. The summed E-state index contributed by atoms with van der Waals surface area (Å²) in [6, 6.07) is 0. The lowest BCUT2D eigenvalue weighted by Gasteiger charge is -1.98. The number of aliphatic hydroxyl groups is 2. The van der Waals surface area contributed by atoms with Crippen LogP contribution in [0.5, 0.6) is 0 Å². The highest BCUT2D eigenvalue weighted by Crippen LogP contribution is 1.92. The Hall–Kier alpha value is -0.0800. The molecule has 2 N–H and O–H groups in total. The van der Waals surface area contributed by atoms with E-state index in [1.807, 2.05) is 20.8 Å². The minimum atomic E-state index is -0.116. The van der Waals surface area contributed by atoms with Crippen molar-refractivity contribution in [1.29, 1.82) is 0 Å². The molecule has 1 unspecified atom stereocenters. The predicted molar refractivity (Wildman–Crippen MR) is 69.1 cm³/mol. The Morgan fingerprint density at radius 1 is 0.733 bits per heavy atom. The van der Waals surface area contributed by atoms with Crippen LogP contribution in [0.1, 0.15) is 73.6 Å². The normalized spacial score (nSPS) is 11.0. The molecule has 2 heteroatoms. The van der Waals surface area contributed by atoms with E-state index < -0.39 is 0 Å². The molecular formula is C13H32O2. The average Bonchev–Trinajstić information content (AvgIpc) is 2.28. The number of unbranched alkanes of at least 4 members (excludes halogenated alkanes) is 1. The largest absolute Gasteiger partial charge is 0.393 e. The Labute approximate surface area is 96.7 Å². The Morgan fingerprint density at radius 2 is 1.00 bits per heavy atom. The summed E-state index contributed by atoms with van der Waals surface area (Å²) >= 11 is 0. The van der Waals surface area contributed by atoms with Crippen molar-refractivity contribution >= 4 is 0 Å². The summed E-state index contributed by atoms with van der Waals surface area (Å²) in [5.74, 6) is 0. The van der Waals surface area contributed by atoms with Crippen molar-refractivity contribution in [3.05, 3.63) is 0 Å². The molecule has 15 heavy (non-hydrogen) atoms. The molecule has 0 aromatic rings. The highest BCUT2D eigenvalue weighted by molar-refractivity contribution is 4.43. The molecule has 0 fully saturated rings. The number of rotatable bonds is 4. The van der Waals surface area contributed by atoms with Gasteiger partial charge in [-0.3, -0.25) is 0 Å². The van der Waals surface area contributed by atoms with Gasteiger partial charge in [0.05, 0.1) is 12.2 Å². The van der Waals surface area contributed by atoms with Crippen LogP contribution in [0.15, 0.2) is 0 Å². The molecule has 2 nitrogen and oxygen atoms in total. The van der Waals surface area contributed by atoms with Crippen molar-refractivity contribution < 1.29 is 10.2 Å². The van der Waals surface area contributed by atoms with Crippen molar-refractivity contribution in [2.75, 3.05) is 0 Å². The van der Waals surface area contributed by atoms with Crippen LogP contribution in [0.25, 0.3) is 0 Å². The summed E-state index contributed by atoms with van der Waals surface area (Å²) in [5, 5.41) is 17.0. The first-order chi connectivity index (χ1) is 6.99. The van der Waals surface area contributed by atoms with Gasteiger partial charge in [0.1, 0.15) is 0 Å². The maximum atomic E-state index is 8.67. The molecular weight excluding hydrogens is 188 g/mol. The summed E-state index contributed by atoms with van der Waals surface area (Å²) in [7, 11) is 0. The first-order valence-electron chi connectivity index (χ1n) is 6.35. The van der Waals surface area contributed by atoms with Gasteiger partial charge < -0.3 is 10.2 Å². The Balaban J connectivity index is -0.000000147. The summed E-state index contributed by atoms with van der Waals surface area (Å²) in [5.41, 5.74) is 0. The van der Waals surface area contributed by atoms with Crippen LogP contribution in [0, 0.1) is 0 Å². The number of aliphatic hydroxyl groups excluding tert-OH is 2. The Bertz CT molecular complexity index is 76.6. The summed E-state index contributed by atoms with van der Waals surface area (Å²) in [6.45, 7) is 12.0. The molecule has 0 heterocycles. The number of hydrogen-bond donors (Lipinski definition) is 2. The van der Waals surface area contributed by atoms with Crippen LogP contribution in [-0.2, 0) is 0 Å². The SMILES string of the molecule is CCC(C)O.CCC(O)CC.CCCC. The lowest BCUT2D eigenvalue weighted by molar-refractivity contribution is 0.166. The third-order valence-corrected chi connectivity index (χ3v) is 2.03. The van der Waals surface area contributed by atoms with Gasteiger partial charge in [0.2, 0.25) is 0 Å². The van der Waals surface area contributed by atoms with Gasteiger partial charge in [0.25, 0.3) is 0 Å². The van der Waals surface area contributed by atoms with Crippen molar-refractivity contribution in [2.24, 2.45) is 0 Å². The molecule has 0 spiro atoms. The van der Waals surface area contributed by atoms with Crippen LogP contribution >= 0.6 is 0 Å². The van der Waals surface area contributed by atoms with E-state index in [4.69, 9.17) is 10.2 Å². The first-order valence-corrected chi connectivity index (χ1v) is 6.35. The van der Waals surface area contributed by atoms with E-state index in [9.17, 15) is 0 Å². The van der Waals surface area contributed by atoms with Crippen molar-refractivity contribution in [2.45, 2.75) is 85.9 Å². The zero-order chi connectivity index (χ0) is 12.7. The fraction of sp³-hybridized carbons (Fsp3) is 1.00. The molecule has 1 atom stereocenters. The van der Waals surface area contributed by atoms with E-state index in [0.29, 0.717) is 0 Å². The third-order valence-electron chi connectivity index (χ3n) is 2.03. The zero-order valence-corrected chi connectivity index (χ0v) is 11.6. The minimum Gasteiger partial charge on any atom is -0.393 e. The molecule has 0 aliphatic carbocycles. The molecule has 0 aromatic heterocycles. The number of hydrogen-bond acceptors (Lipinski definition) is 2. The maximum Gasteiger partial charge on any atom is 0.0535 e. The fourth-order valence-corrected chi connectivity index (χ4v) is 0.289. The maximum absolute atomic E-state index is 8.67. The van der Waals surface area contributed by atoms with Gasteiger partial charge in [-0.2, -0.15) is 0 Å². The monoisotopic (exact) mass is 220 g/mol. The Kier molecular flexibility index (Phi) is 26.4. The van der Waals surface area contributed by atoms with Crippen LogP contribution in [-0.4, -0.2) is 22.4 Å². The Morgan fingerprint density at radius 3 is 1.00 bits per heavy atom. The van der Waals surface area contributed by atoms with Gasteiger partial charge >= 0.3 is 0 Å². The van der Waals surface area contributed by atoms with E-state index in [1.54, 1.807) is 6.92 Å². The van der Waals surface area contributed by atoms with Crippen molar-refractivity contribution in [3.8, 4) is 0 Å². The van der Waals surface area contributed by atoms with Crippen LogP contribution in [0.3, 0.4) is 0 Å². The molecule has 0 saturated heterocycles. The van der Waals surface area contributed by atoms with Crippen LogP contribution in [0.2, 0.25) is 0 Å². The van der Waals surface area contributed by atoms with Crippen molar-refractivity contribution in [3.63, 3.8) is 0 Å². The minimum absolute atomic E-state index is 0.0648. The van der Waals surface area contributed by atoms with E-state index in [0.717, 1.165) is 19.3 Å². The highest BCUT2D eigenvalue weighted by atomic mass is 16.3. The van der Waals surface area contributed by atoms with Crippen LogP contribution < -0.4 is 0 Å². The first kappa shape index (κ1) is 20.3. The highest BCUT2D eigenvalue weighted by Gasteiger charge is 1.90. The average molecular weight is 220 g/mol. The zero-order valence-electron chi connectivity index (χ0n) is 11.6. The summed E-state index contributed by atoms with van der Waals surface area (Å²) in [4.78, 5) is 0. The van der Waals surface area contributed by atoms with E-state index in [1.165, 1.54) is 12.8 Å². The lowest BCUT2D eigenvalue weighted by atomic mass is 10.2. The predicted octanol–water partition coefficient (Wildman–Crippen LogP) is 3.75. The van der Waals surface area contributed by atoms with Gasteiger partial charge in [-0.25, -0.2) is 0 Å². The second kappa shape index (κ2) is 19.5. The quantitative estimate of drug-likeness (QED) is 0.757.